The van der Waals surface area contributed by atoms with E-state index in [4.69, 9.17) is 0 Å². The maximum absolute atomic E-state index is 13.0. The van der Waals surface area contributed by atoms with Crippen molar-refractivity contribution in [3.63, 3.8) is 0 Å². The van der Waals surface area contributed by atoms with Gasteiger partial charge >= 0.3 is 0 Å². The summed E-state index contributed by atoms with van der Waals surface area (Å²) < 4.78 is 0. The molecule has 2 amide bonds. The summed E-state index contributed by atoms with van der Waals surface area (Å²) in [5, 5.41) is 14.7. The van der Waals surface area contributed by atoms with Crippen molar-refractivity contribution in [2.24, 2.45) is 17.3 Å². The van der Waals surface area contributed by atoms with E-state index in [-0.39, 0.29) is 30.3 Å². The number of hydrogen-bond donors (Lipinski definition) is 1. The third-order valence-corrected chi connectivity index (χ3v) is 7.50. The highest BCUT2D eigenvalue weighted by atomic mass is 32.1. The highest BCUT2D eigenvalue weighted by Crippen LogP contribution is 2.43. The maximum Gasteiger partial charge on any atom is 0.273 e. The highest BCUT2D eigenvalue weighted by Gasteiger charge is 2.54. The van der Waals surface area contributed by atoms with E-state index in [0.717, 1.165) is 9.88 Å². The van der Waals surface area contributed by atoms with Crippen molar-refractivity contribution in [1.82, 2.24) is 14.8 Å². The maximum atomic E-state index is 13.0. The molecule has 144 valence electrons. The molecule has 0 aliphatic carbocycles. The highest BCUT2D eigenvalue weighted by molar-refractivity contribution is 7.20. The SMILES string of the molecule is CC(C)C(=O)N1C[C@@H]2CN(C(=O)c3csc(-c4cccs4)n3)C[C@]2(CO)C1. The number of aromatic nitrogens is 1. The van der Waals surface area contributed by atoms with E-state index in [1.807, 2.05) is 41.6 Å². The van der Waals surface area contributed by atoms with E-state index in [2.05, 4.69) is 4.98 Å². The summed E-state index contributed by atoms with van der Waals surface area (Å²) >= 11 is 3.09. The van der Waals surface area contributed by atoms with Crippen LogP contribution in [0.5, 0.6) is 0 Å². The minimum atomic E-state index is -0.410. The lowest BCUT2D eigenvalue weighted by Crippen LogP contribution is -2.41. The molecule has 6 nitrogen and oxygen atoms in total. The second-order valence-electron chi connectivity index (χ2n) is 7.79. The first-order valence-electron chi connectivity index (χ1n) is 9.12. The number of likely N-dealkylation sites (tertiary alicyclic amines) is 2. The van der Waals surface area contributed by atoms with Gasteiger partial charge in [-0.15, -0.1) is 22.7 Å². The van der Waals surface area contributed by atoms with Crippen molar-refractivity contribution in [1.29, 1.82) is 0 Å². The summed E-state index contributed by atoms with van der Waals surface area (Å²) in [4.78, 5) is 34.5. The van der Waals surface area contributed by atoms with Gasteiger partial charge in [0, 0.05) is 48.8 Å². The average molecular weight is 406 g/mol. The third-order valence-electron chi connectivity index (χ3n) is 5.62. The van der Waals surface area contributed by atoms with Crippen LogP contribution >= 0.6 is 22.7 Å². The second-order valence-corrected chi connectivity index (χ2v) is 9.60. The van der Waals surface area contributed by atoms with Crippen LogP contribution in [-0.2, 0) is 4.79 Å². The lowest BCUT2D eigenvalue weighted by Gasteiger charge is -2.27. The topological polar surface area (TPSA) is 73.7 Å². The van der Waals surface area contributed by atoms with Crippen LogP contribution in [0.25, 0.3) is 9.88 Å². The number of carbonyl (C=O) groups excluding carboxylic acids is 2. The van der Waals surface area contributed by atoms with Crippen molar-refractivity contribution >= 4 is 34.5 Å². The molecule has 0 radical (unpaired) electrons. The fourth-order valence-corrected chi connectivity index (χ4v) is 5.75. The van der Waals surface area contributed by atoms with Gasteiger partial charge in [0.15, 0.2) is 0 Å². The Morgan fingerprint density at radius 3 is 2.67 bits per heavy atom. The Balaban J connectivity index is 1.48. The van der Waals surface area contributed by atoms with Gasteiger partial charge in [-0.25, -0.2) is 4.98 Å². The number of carbonyl (C=O) groups is 2. The molecule has 8 heteroatoms. The van der Waals surface area contributed by atoms with Gasteiger partial charge in [-0.05, 0) is 11.4 Å². The van der Waals surface area contributed by atoms with Crippen LogP contribution in [0.3, 0.4) is 0 Å². The number of thiazole rings is 1. The van der Waals surface area contributed by atoms with Crippen molar-refractivity contribution < 1.29 is 14.7 Å². The molecule has 0 bridgehead atoms. The fourth-order valence-electron chi connectivity index (χ4n) is 4.14. The molecule has 2 aromatic rings. The summed E-state index contributed by atoms with van der Waals surface area (Å²) in [5.41, 5.74) is 0.0545. The standard InChI is InChI=1S/C19H23N3O3S2/c1-12(2)17(24)21-6-13-7-22(10-19(13,9-21)11-23)18(25)14-8-27-16(20-14)15-4-3-5-26-15/h3-5,8,12-13,23H,6-7,9-11H2,1-2H3/t13-,19+/m1/s1. The average Bonchev–Trinajstić information content (AvgIpc) is 3.42. The molecule has 2 aliphatic heterocycles. The van der Waals surface area contributed by atoms with Gasteiger partial charge in [-0.3, -0.25) is 9.59 Å². The number of hydrogen-bond acceptors (Lipinski definition) is 6. The predicted molar refractivity (Wildman–Crippen MR) is 106 cm³/mol. The summed E-state index contributed by atoms with van der Waals surface area (Å²) in [6.45, 7) is 5.94. The zero-order valence-corrected chi connectivity index (χ0v) is 17.1. The van der Waals surface area contributed by atoms with E-state index >= 15 is 0 Å². The van der Waals surface area contributed by atoms with Gasteiger partial charge < -0.3 is 14.9 Å². The number of aliphatic hydroxyl groups is 1. The van der Waals surface area contributed by atoms with E-state index in [9.17, 15) is 14.7 Å². The van der Waals surface area contributed by atoms with Crippen LogP contribution in [0.1, 0.15) is 24.3 Å². The van der Waals surface area contributed by atoms with Gasteiger partial charge in [0.1, 0.15) is 10.7 Å². The molecule has 2 saturated heterocycles. The Kier molecular flexibility index (Phi) is 4.82. The smallest absolute Gasteiger partial charge is 0.273 e. The third kappa shape index (κ3) is 3.19. The minimum absolute atomic E-state index is 0.0131. The van der Waals surface area contributed by atoms with E-state index in [1.54, 1.807) is 16.2 Å². The first kappa shape index (κ1) is 18.6. The zero-order valence-electron chi connectivity index (χ0n) is 15.4. The molecule has 0 spiro atoms. The van der Waals surface area contributed by atoms with Crippen LogP contribution in [0.2, 0.25) is 0 Å². The van der Waals surface area contributed by atoms with Crippen molar-refractivity contribution in [2.45, 2.75) is 13.8 Å². The molecule has 2 atom stereocenters. The lowest BCUT2D eigenvalue weighted by molar-refractivity contribution is -0.134. The predicted octanol–water partition coefficient (Wildman–Crippen LogP) is 2.42. The van der Waals surface area contributed by atoms with Crippen molar-refractivity contribution in [3.8, 4) is 9.88 Å². The van der Waals surface area contributed by atoms with Crippen LogP contribution in [0.4, 0.5) is 0 Å². The number of rotatable bonds is 4. The summed E-state index contributed by atoms with van der Waals surface area (Å²) in [6, 6.07) is 3.97. The Hall–Kier alpha value is -1.77. The van der Waals surface area contributed by atoms with E-state index in [0.29, 0.717) is 31.9 Å². The minimum Gasteiger partial charge on any atom is -0.396 e. The van der Waals surface area contributed by atoms with Gasteiger partial charge in [-0.2, -0.15) is 0 Å². The summed E-state index contributed by atoms with van der Waals surface area (Å²) in [5.74, 6) is 0.0979. The molecule has 27 heavy (non-hydrogen) atoms. The van der Waals surface area contributed by atoms with Gasteiger partial charge in [0.25, 0.3) is 5.91 Å². The quantitative estimate of drug-likeness (QED) is 0.848. The number of aliphatic hydroxyl groups excluding tert-OH is 1. The first-order valence-corrected chi connectivity index (χ1v) is 10.9. The van der Waals surface area contributed by atoms with E-state index < -0.39 is 5.41 Å². The van der Waals surface area contributed by atoms with E-state index in [1.165, 1.54) is 11.3 Å². The molecule has 0 saturated carbocycles. The van der Waals surface area contributed by atoms with Crippen LogP contribution in [0, 0.1) is 17.3 Å². The monoisotopic (exact) mass is 405 g/mol. The Morgan fingerprint density at radius 1 is 1.30 bits per heavy atom. The van der Waals surface area contributed by atoms with Gasteiger partial charge in [0.2, 0.25) is 5.91 Å². The number of fused-ring (bicyclic) bond motifs is 1. The largest absolute Gasteiger partial charge is 0.396 e. The molecule has 1 N–H and O–H groups in total. The number of thiophene rings is 1. The second kappa shape index (κ2) is 7.00. The molecular weight excluding hydrogens is 382 g/mol. The number of nitrogens with zero attached hydrogens (tertiary/aromatic N) is 3. The molecule has 0 aromatic carbocycles. The Morgan fingerprint density at radius 2 is 2.04 bits per heavy atom. The Bertz CT molecular complexity index is 848. The number of amides is 2. The molecule has 2 aliphatic rings. The first-order chi connectivity index (χ1) is 12.9. The van der Waals surface area contributed by atoms with Crippen molar-refractivity contribution in [3.05, 3.63) is 28.6 Å². The van der Waals surface area contributed by atoms with Crippen LogP contribution in [0.15, 0.2) is 22.9 Å². The summed E-state index contributed by atoms with van der Waals surface area (Å²) in [6.07, 6.45) is 0. The molecule has 0 unspecified atom stereocenters. The molecule has 2 fully saturated rings. The lowest BCUT2D eigenvalue weighted by atomic mass is 9.82. The zero-order chi connectivity index (χ0) is 19.2. The molecule has 4 rings (SSSR count). The van der Waals surface area contributed by atoms with Crippen LogP contribution < -0.4 is 0 Å². The molecular formula is C19H23N3O3S2. The molecule has 2 aromatic heterocycles. The normalized spacial score (nSPS) is 24.7. The Labute approximate surface area is 166 Å². The van der Waals surface area contributed by atoms with Gasteiger partial charge in [-0.1, -0.05) is 19.9 Å². The molecule has 4 heterocycles. The van der Waals surface area contributed by atoms with Crippen LogP contribution in [-0.4, -0.2) is 64.5 Å². The summed E-state index contributed by atoms with van der Waals surface area (Å²) in [7, 11) is 0. The fraction of sp³-hybridized carbons (Fsp3) is 0.526. The van der Waals surface area contributed by atoms with Gasteiger partial charge in [0.05, 0.1) is 11.5 Å². The van der Waals surface area contributed by atoms with Crippen molar-refractivity contribution in [2.75, 3.05) is 32.8 Å².